The first-order valence-electron chi connectivity index (χ1n) is 5.96. The summed E-state index contributed by atoms with van der Waals surface area (Å²) in [6.07, 6.45) is 3.49. The van der Waals surface area contributed by atoms with Gasteiger partial charge in [0.15, 0.2) is 0 Å². The Balaban J connectivity index is 2.14. The predicted octanol–water partition coefficient (Wildman–Crippen LogP) is 2.37. The molecule has 0 spiro atoms. The molecule has 0 aliphatic rings. The van der Waals surface area contributed by atoms with Crippen LogP contribution in [0.5, 0.6) is 0 Å². The summed E-state index contributed by atoms with van der Waals surface area (Å²) in [7, 11) is 1.75. The Bertz CT molecular complexity index is 796. The van der Waals surface area contributed by atoms with Crippen LogP contribution in [0.1, 0.15) is 0 Å². The van der Waals surface area contributed by atoms with Gasteiger partial charge in [-0.15, -0.1) is 0 Å². The van der Waals surface area contributed by atoms with Crippen LogP contribution < -0.4 is 5.32 Å². The van der Waals surface area contributed by atoms with E-state index in [0.29, 0.717) is 11.8 Å². The van der Waals surface area contributed by atoms with Crippen LogP contribution >= 0.6 is 0 Å². The summed E-state index contributed by atoms with van der Waals surface area (Å²) in [5.74, 6) is 1.22. The lowest BCUT2D eigenvalue weighted by Gasteiger charge is -2.05. The number of nitro groups is 1. The number of rotatable bonds is 3. The van der Waals surface area contributed by atoms with Crippen molar-refractivity contribution in [3.8, 4) is 5.82 Å². The molecule has 0 radical (unpaired) electrons. The first-order chi connectivity index (χ1) is 9.69. The van der Waals surface area contributed by atoms with Crippen LogP contribution in [0.2, 0.25) is 0 Å². The molecule has 2 heterocycles. The molecule has 0 saturated carbocycles. The number of anilines is 1. The molecule has 0 amide bonds. The maximum atomic E-state index is 10.8. The Labute approximate surface area is 114 Å². The molecule has 1 aromatic carbocycles. The second kappa shape index (κ2) is 4.61. The third kappa shape index (κ3) is 1.95. The first-order valence-corrected chi connectivity index (χ1v) is 5.96. The summed E-state index contributed by atoms with van der Waals surface area (Å²) in [4.78, 5) is 18.8. The van der Waals surface area contributed by atoms with Gasteiger partial charge in [0, 0.05) is 37.0 Å². The lowest BCUT2D eigenvalue weighted by atomic mass is 10.2. The number of nitrogens with one attached hydrogen (secondary N) is 1. The van der Waals surface area contributed by atoms with Crippen molar-refractivity contribution >= 4 is 22.5 Å². The van der Waals surface area contributed by atoms with Gasteiger partial charge in [0.25, 0.3) is 5.69 Å². The maximum Gasteiger partial charge on any atom is 0.270 e. The fourth-order valence-corrected chi connectivity index (χ4v) is 2.05. The average Bonchev–Trinajstić information content (AvgIpc) is 2.90. The van der Waals surface area contributed by atoms with Crippen LogP contribution in [0, 0.1) is 10.1 Å². The molecule has 0 unspecified atom stereocenters. The number of hydrogen-bond donors (Lipinski definition) is 1. The van der Waals surface area contributed by atoms with Gasteiger partial charge in [0.05, 0.1) is 10.4 Å². The molecular formula is C13H11N5O2. The molecule has 0 fully saturated rings. The second-order valence-electron chi connectivity index (χ2n) is 4.17. The van der Waals surface area contributed by atoms with E-state index >= 15 is 0 Å². The molecule has 0 saturated heterocycles. The van der Waals surface area contributed by atoms with Gasteiger partial charge in [0.1, 0.15) is 5.82 Å². The van der Waals surface area contributed by atoms with Gasteiger partial charge in [0.2, 0.25) is 5.95 Å². The molecule has 20 heavy (non-hydrogen) atoms. The largest absolute Gasteiger partial charge is 0.357 e. The lowest BCUT2D eigenvalue weighted by molar-refractivity contribution is -0.384. The highest BCUT2D eigenvalue weighted by molar-refractivity contribution is 5.83. The van der Waals surface area contributed by atoms with E-state index in [0.717, 1.165) is 10.9 Å². The van der Waals surface area contributed by atoms with Crippen LogP contribution in [-0.4, -0.2) is 26.5 Å². The number of hydrogen-bond acceptors (Lipinski definition) is 5. The van der Waals surface area contributed by atoms with Crippen molar-refractivity contribution in [1.82, 2.24) is 14.5 Å². The Hall–Kier alpha value is -2.96. The first kappa shape index (κ1) is 12.1. The average molecular weight is 269 g/mol. The van der Waals surface area contributed by atoms with Crippen molar-refractivity contribution in [1.29, 1.82) is 0 Å². The van der Waals surface area contributed by atoms with Crippen molar-refractivity contribution in [2.24, 2.45) is 0 Å². The molecule has 3 aromatic rings. The van der Waals surface area contributed by atoms with E-state index in [-0.39, 0.29) is 5.69 Å². The Kier molecular flexibility index (Phi) is 2.79. The minimum Gasteiger partial charge on any atom is -0.357 e. The summed E-state index contributed by atoms with van der Waals surface area (Å²) < 4.78 is 1.86. The Morgan fingerprint density at radius 2 is 2.15 bits per heavy atom. The van der Waals surface area contributed by atoms with Gasteiger partial charge < -0.3 is 9.88 Å². The summed E-state index contributed by atoms with van der Waals surface area (Å²) in [6, 6.07) is 8.35. The van der Waals surface area contributed by atoms with Crippen molar-refractivity contribution in [3.63, 3.8) is 0 Å². The van der Waals surface area contributed by atoms with E-state index in [1.807, 2.05) is 16.8 Å². The van der Waals surface area contributed by atoms with Gasteiger partial charge >= 0.3 is 0 Å². The summed E-state index contributed by atoms with van der Waals surface area (Å²) >= 11 is 0. The normalized spacial score (nSPS) is 10.7. The molecule has 0 aliphatic heterocycles. The fourth-order valence-electron chi connectivity index (χ4n) is 2.05. The zero-order valence-corrected chi connectivity index (χ0v) is 10.6. The van der Waals surface area contributed by atoms with E-state index in [4.69, 9.17) is 0 Å². The number of aromatic nitrogens is 3. The van der Waals surface area contributed by atoms with E-state index in [1.54, 1.807) is 31.4 Å². The molecule has 0 atom stereocenters. The highest BCUT2D eigenvalue weighted by atomic mass is 16.6. The standard InChI is InChI=1S/C13H11N5O2/c1-14-13-15-6-4-12(16-13)17-7-5-9-8-10(18(19)20)2-3-11(9)17/h2-8H,1H3,(H,14,15,16). The van der Waals surface area contributed by atoms with Crippen molar-refractivity contribution in [3.05, 3.63) is 52.8 Å². The Morgan fingerprint density at radius 1 is 1.30 bits per heavy atom. The van der Waals surface area contributed by atoms with Crippen molar-refractivity contribution in [2.45, 2.75) is 0 Å². The number of nitrogens with zero attached hydrogens (tertiary/aromatic N) is 4. The summed E-state index contributed by atoms with van der Waals surface area (Å²) in [5.41, 5.74) is 0.935. The highest BCUT2D eigenvalue weighted by Gasteiger charge is 2.10. The zero-order valence-electron chi connectivity index (χ0n) is 10.6. The fraction of sp³-hybridized carbons (Fsp3) is 0.0769. The van der Waals surface area contributed by atoms with E-state index < -0.39 is 4.92 Å². The number of fused-ring (bicyclic) bond motifs is 1. The minimum atomic E-state index is -0.402. The molecule has 0 aliphatic carbocycles. The van der Waals surface area contributed by atoms with Gasteiger partial charge in [-0.1, -0.05) is 0 Å². The molecule has 0 bridgehead atoms. The van der Waals surface area contributed by atoms with Crippen LogP contribution in [0.15, 0.2) is 42.7 Å². The lowest BCUT2D eigenvalue weighted by Crippen LogP contribution is -2.01. The topological polar surface area (TPSA) is 85.9 Å². The monoisotopic (exact) mass is 269 g/mol. The smallest absolute Gasteiger partial charge is 0.270 e. The Morgan fingerprint density at radius 3 is 2.90 bits per heavy atom. The molecule has 1 N–H and O–H groups in total. The van der Waals surface area contributed by atoms with Gasteiger partial charge in [-0.3, -0.25) is 10.1 Å². The summed E-state index contributed by atoms with van der Waals surface area (Å²) in [5, 5.41) is 14.4. The molecular weight excluding hydrogens is 258 g/mol. The van der Waals surface area contributed by atoms with Crippen LogP contribution in [0.25, 0.3) is 16.7 Å². The predicted molar refractivity (Wildman–Crippen MR) is 75.1 cm³/mol. The maximum absolute atomic E-state index is 10.8. The van der Waals surface area contributed by atoms with Crippen LogP contribution in [0.3, 0.4) is 0 Å². The third-order valence-electron chi connectivity index (χ3n) is 3.00. The zero-order chi connectivity index (χ0) is 14.1. The summed E-state index contributed by atoms with van der Waals surface area (Å²) in [6.45, 7) is 0. The molecule has 2 aromatic heterocycles. The molecule has 7 nitrogen and oxygen atoms in total. The van der Waals surface area contributed by atoms with Crippen LogP contribution in [0.4, 0.5) is 11.6 Å². The highest BCUT2D eigenvalue weighted by Crippen LogP contribution is 2.24. The van der Waals surface area contributed by atoms with Crippen molar-refractivity contribution < 1.29 is 4.92 Å². The van der Waals surface area contributed by atoms with Gasteiger partial charge in [-0.05, 0) is 18.2 Å². The van der Waals surface area contributed by atoms with Crippen LogP contribution in [-0.2, 0) is 0 Å². The molecule has 100 valence electrons. The number of nitro benzene ring substituents is 1. The number of non-ortho nitro benzene ring substituents is 1. The van der Waals surface area contributed by atoms with E-state index in [2.05, 4.69) is 15.3 Å². The van der Waals surface area contributed by atoms with E-state index in [1.165, 1.54) is 6.07 Å². The van der Waals surface area contributed by atoms with Crippen molar-refractivity contribution in [2.75, 3.05) is 12.4 Å². The SMILES string of the molecule is CNc1nccc(-n2ccc3cc([N+](=O)[O-])ccc32)n1. The third-order valence-corrected chi connectivity index (χ3v) is 3.00. The minimum absolute atomic E-state index is 0.0776. The second-order valence-corrected chi connectivity index (χ2v) is 4.17. The van der Waals surface area contributed by atoms with Gasteiger partial charge in [-0.2, -0.15) is 4.98 Å². The number of benzene rings is 1. The molecule has 7 heteroatoms. The molecule has 3 rings (SSSR count). The van der Waals surface area contributed by atoms with E-state index in [9.17, 15) is 10.1 Å². The van der Waals surface area contributed by atoms with Gasteiger partial charge in [-0.25, -0.2) is 4.98 Å². The quantitative estimate of drug-likeness (QED) is 0.582.